The van der Waals surface area contributed by atoms with Crippen molar-refractivity contribution in [3.63, 3.8) is 0 Å². The van der Waals surface area contributed by atoms with E-state index in [2.05, 4.69) is 5.32 Å². The van der Waals surface area contributed by atoms with Gasteiger partial charge in [0.25, 0.3) is 0 Å². The minimum Gasteiger partial charge on any atom is -0.359 e. The van der Waals surface area contributed by atoms with Crippen LogP contribution in [0.15, 0.2) is 0 Å². The third-order valence-corrected chi connectivity index (χ3v) is 2.13. The van der Waals surface area contributed by atoms with Gasteiger partial charge in [0.2, 0.25) is 11.8 Å². The van der Waals surface area contributed by atoms with Crippen molar-refractivity contribution in [2.75, 3.05) is 7.05 Å². The summed E-state index contributed by atoms with van der Waals surface area (Å²) in [5, 5.41) is 2.51. The second-order valence-corrected chi connectivity index (χ2v) is 2.84. The second-order valence-electron chi connectivity index (χ2n) is 2.84. The number of rotatable bonds is 2. The molecule has 0 atom stereocenters. The molecule has 1 radical (unpaired) electrons. The van der Waals surface area contributed by atoms with E-state index >= 15 is 0 Å². The van der Waals surface area contributed by atoms with Crippen LogP contribution in [-0.4, -0.2) is 18.9 Å². The molecule has 0 spiro atoms. The molecule has 1 fully saturated rings. The highest BCUT2D eigenvalue weighted by Gasteiger charge is 2.37. The first-order valence-corrected chi connectivity index (χ1v) is 3.62. The van der Waals surface area contributed by atoms with Gasteiger partial charge in [-0.3, -0.25) is 15.3 Å². The maximum absolute atomic E-state index is 10.9. The van der Waals surface area contributed by atoms with E-state index in [0.29, 0.717) is 12.8 Å². The summed E-state index contributed by atoms with van der Waals surface area (Å²) in [5.74, 6) is -0.760. The first-order chi connectivity index (χ1) is 5.15. The lowest BCUT2D eigenvalue weighted by Gasteiger charge is -2.30. The number of hydrogen-bond acceptors (Lipinski definition) is 2. The van der Waals surface area contributed by atoms with Gasteiger partial charge < -0.3 is 5.32 Å². The van der Waals surface area contributed by atoms with Crippen molar-refractivity contribution in [1.29, 1.82) is 0 Å². The van der Waals surface area contributed by atoms with Crippen molar-refractivity contribution < 1.29 is 9.59 Å². The number of hydrogen-bond donors (Lipinski definition) is 1. The van der Waals surface area contributed by atoms with E-state index in [0.717, 1.165) is 0 Å². The molecule has 1 saturated carbocycles. The summed E-state index contributed by atoms with van der Waals surface area (Å²) < 4.78 is 0. The predicted molar refractivity (Wildman–Crippen MR) is 38.4 cm³/mol. The molecule has 61 valence electrons. The predicted octanol–water partition coefficient (Wildman–Crippen LogP) is -0.432. The van der Waals surface area contributed by atoms with E-state index in [4.69, 9.17) is 5.73 Å². The van der Waals surface area contributed by atoms with Gasteiger partial charge in [-0.1, -0.05) is 0 Å². The second kappa shape index (κ2) is 2.90. The van der Waals surface area contributed by atoms with Crippen molar-refractivity contribution in [3.05, 3.63) is 0 Å². The first kappa shape index (κ1) is 8.04. The average molecular weight is 155 g/mol. The summed E-state index contributed by atoms with van der Waals surface area (Å²) in [6.45, 7) is 0. The van der Waals surface area contributed by atoms with Crippen molar-refractivity contribution in [2.24, 2.45) is 11.8 Å². The Morgan fingerprint density at radius 1 is 1.36 bits per heavy atom. The molecule has 1 rings (SSSR count). The van der Waals surface area contributed by atoms with Gasteiger partial charge in [0, 0.05) is 18.9 Å². The minimum atomic E-state index is -0.537. The lowest BCUT2D eigenvalue weighted by atomic mass is 9.74. The average Bonchev–Trinajstić information content (AvgIpc) is 1.83. The van der Waals surface area contributed by atoms with Gasteiger partial charge >= 0.3 is 0 Å². The first-order valence-electron chi connectivity index (χ1n) is 3.62. The van der Waals surface area contributed by atoms with Crippen LogP contribution in [0.3, 0.4) is 0 Å². The Hall–Kier alpha value is -1.06. The highest BCUT2D eigenvalue weighted by molar-refractivity contribution is 5.84. The fourth-order valence-corrected chi connectivity index (χ4v) is 1.25. The molecule has 0 heterocycles. The third kappa shape index (κ3) is 1.50. The molecular formula is C7H11N2O2. The van der Waals surface area contributed by atoms with E-state index in [1.54, 1.807) is 7.05 Å². The van der Waals surface area contributed by atoms with Crippen molar-refractivity contribution in [3.8, 4) is 0 Å². The van der Waals surface area contributed by atoms with Crippen molar-refractivity contribution >= 4 is 11.8 Å². The van der Waals surface area contributed by atoms with Crippen LogP contribution in [0.1, 0.15) is 12.8 Å². The van der Waals surface area contributed by atoms with Crippen LogP contribution in [0, 0.1) is 11.8 Å². The van der Waals surface area contributed by atoms with Crippen LogP contribution < -0.4 is 11.1 Å². The Morgan fingerprint density at radius 2 is 1.91 bits per heavy atom. The smallest absolute Gasteiger partial charge is 0.241 e. The van der Waals surface area contributed by atoms with Gasteiger partial charge in [0.1, 0.15) is 0 Å². The molecule has 4 heteroatoms. The molecule has 0 saturated heterocycles. The van der Waals surface area contributed by atoms with Gasteiger partial charge in [-0.25, -0.2) is 0 Å². The fraction of sp³-hybridized carbons (Fsp3) is 0.714. The molecule has 1 aliphatic carbocycles. The molecule has 2 amide bonds. The number of carbonyl (C=O) groups excluding carboxylic acids is 2. The highest BCUT2D eigenvalue weighted by Crippen LogP contribution is 2.33. The molecule has 2 N–H and O–H groups in total. The lowest BCUT2D eigenvalue weighted by molar-refractivity contribution is -0.134. The molecule has 0 unspecified atom stereocenters. The summed E-state index contributed by atoms with van der Waals surface area (Å²) in [6, 6.07) is 0. The van der Waals surface area contributed by atoms with Gasteiger partial charge in [-0.15, -0.1) is 0 Å². The van der Waals surface area contributed by atoms with Crippen LogP contribution >= 0.6 is 0 Å². The van der Waals surface area contributed by atoms with Gasteiger partial charge in [0.05, 0.1) is 0 Å². The maximum atomic E-state index is 10.9. The van der Waals surface area contributed by atoms with Gasteiger partial charge in [-0.2, -0.15) is 0 Å². The van der Waals surface area contributed by atoms with E-state index in [1.165, 1.54) is 0 Å². The Kier molecular flexibility index (Phi) is 2.12. The quantitative estimate of drug-likeness (QED) is 0.587. The van der Waals surface area contributed by atoms with Crippen LogP contribution in [0.2, 0.25) is 0 Å². The van der Waals surface area contributed by atoms with Gasteiger partial charge in [0.15, 0.2) is 0 Å². The number of amides is 2. The normalized spacial score (nSPS) is 28.8. The molecule has 0 aromatic heterocycles. The molecule has 1 aliphatic rings. The summed E-state index contributed by atoms with van der Waals surface area (Å²) in [6.07, 6.45) is 1.12. The Balaban J connectivity index is 2.29. The van der Waals surface area contributed by atoms with Crippen LogP contribution in [0.5, 0.6) is 0 Å². The SMILES string of the molecule is CNC(=O)C1CC(C([NH])=O)C1. The van der Waals surface area contributed by atoms with Crippen LogP contribution in [0.4, 0.5) is 0 Å². The molecule has 0 aromatic carbocycles. The Morgan fingerprint density at radius 3 is 2.27 bits per heavy atom. The standard InChI is InChI=1S/C7H11N2O2/c1-9-7(11)5-2-4(3-5)6(8)10/h4-5,8H,2-3H2,1H3,(H,9,11). The molecule has 0 bridgehead atoms. The fourth-order valence-electron chi connectivity index (χ4n) is 1.25. The van der Waals surface area contributed by atoms with Crippen LogP contribution in [-0.2, 0) is 9.59 Å². The number of nitrogens with one attached hydrogen (secondary N) is 2. The molecule has 0 aliphatic heterocycles. The van der Waals surface area contributed by atoms with Gasteiger partial charge in [-0.05, 0) is 12.8 Å². The molecule has 11 heavy (non-hydrogen) atoms. The third-order valence-electron chi connectivity index (χ3n) is 2.13. The zero-order chi connectivity index (χ0) is 8.43. The van der Waals surface area contributed by atoms with Crippen LogP contribution in [0.25, 0.3) is 0 Å². The molecule has 0 aromatic rings. The summed E-state index contributed by atoms with van der Waals surface area (Å²) in [5.41, 5.74) is 6.75. The Labute approximate surface area is 65.1 Å². The molecular weight excluding hydrogens is 144 g/mol. The zero-order valence-electron chi connectivity index (χ0n) is 6.39. The summed E-state index contributed by atoms with van der Waals surface area (Å²) >= 11 is 0. The topological polar surface area (TPSA) is 70.0 Å². The monoisotopic (exact) mass is 155 g/mol. The molecule has 4 nitrogen and oxygen atoms in total. The number of carbonyl (C=O) groups is 2. The lowest BCUT2D eigenvalue weighted by Crippen LogP contribution is -2.40. The highest BCUT2D eigenvalue weighted by atomic mass is 16.2. The van der Waals surface area contributed by atoms with E-state index in [1.807, 2.05) is 0 Å². The zero-order valence-corrected chi connectivity index (χ0v) is 6.39. The maximum Gasteiger partial charge on any atom is 0.241 e. The van der Waals surface area contributed by atoms with E-state index < -0.39 is 5.91 Å². The minimum absolute atomic E-state index is 0.0116. The van der Waals surface area contributed by atoms with Crippen molar-refractivity contribution in [2.45, 2.75) is 12.8 Å². The largest absolute Gasteiger partial charge is 0.359 e. The van der Waals surface area contributed by atoms with E-state index in [-0.39, 0.29) is 17.7 Å². The summed E-state index contributed by atoms with van der Waals surface area (Å²) in [7, 11) is 1.58. The Bertz CT molecular complexity index is 185. The summed E-state index contributed by atoms with van der Waals surface area (Å²) in [4.78, 5) is 21.3. The van der Waals surface area contributed by atoms with Crippen molar-refractivity contribution in [1.82, 2.24) is 11.1 Å². The van der Waals surface area contributed by atoms with E-state index in [9.17, 15) is 9.59 Å².